The number of nitro groups is 1. The molecule has 0 aliphatic rings. The molecular formula is C15H14N4O3S. The molecule has 0 aliphatic carbocycles. The van der Waals surface area contributed by atoms with Gasteiger partial charge in [-0.05, 0) is 26.0 Å². The Hall–Kier alpha value is -2.74. The molecule has 0 saturated heterocycles. The van der Waals surface area contributed by atoms with Crippen molar-refractivity contribution in [3.05, 3.63) is 50.5 Å². The SMILES string of the molecule is Cc1c(NC(=O)c2cc3c(C)nn(C)c3s2)cccc1[N+](=O)[O-]. The standard InChI is InChI=1S/C15H14N4O3S/c1-8-11(5-4-6-12(8)19(21)22)16-14(20)13-7-10-9(2)17-18(3)15(10)23-13/h4-7H,1-3H3,(H,16,20). The average Bonchev–Trinajstić information content (AvgIpc) is 3.03. The Bertz CT molecular complexity index is 907. The van der Waals surface area contributed by atoms with E-state index in [9.17, 15) is 14.9 Å². The van der Waals surface area contributed by atoms with Gasteiger partial charge in [0, 0.05) is 18.5 Å². The summed E-state index contributed by atoms with van der Waals surface area (Å²) in [6, 6.07) is 6.42. The lowest BCUT2D eigenvalue weighted by Gasteiger charge is -2.07. The van der Waals surface area contributed by atoms with E-state index in [0.29, 0.717) is 16.1 Å². The maximum absolute atomic E-state index is 12.4. The molecule has 2 aromatic heterocycles. The van der Waals surface area contributed by atoms with E-state index in [-0.39, 0.29) is 11.6 Å². The molecule has 0 spiro atoms. The van der Waals surface area contributed by atoms with Crippen molar-refractivity contribution in [2.45, 2.75) is 13.8 Å². The van der Waals surface area contributed by atoms with Gasteiger partial charge >= 0.3 is 0 Å². The highest BCUT2D eigenvalue weighted by molar-refractivity contribution is 7.20. The van der Waals surface area contributed by atoms with Gasteiger partial charge in [-0.15, -0.1) is 11.3 Å². The minimum atomic E-state index is -0.459. The number of amides is 1. The Morgan fingerprint density at radius 1 is 1.39 bits per heavy atom. The van der Waals surface area contributed by atoms with E-state index in [1.807, 2.05) is 14.0 Å². The van der Waals surface area contributed by atoms with Crippen molar-refractivity contribution in [3.8, 4) is 0 Å². The van der Waals surface area contributed by atoms with E-state index >= 15 is 0 Å². The zero-order chi connectivity index (χ0) is 16.7. The third-order valence-corrected chi connectivity index (χ3v) is 4.87. The van der Waals surface area contributed by atoms with Gasteiger partial charge in [0.15, 0.2) is 0 Å². The molecule has 3 rings (SSSR count). The lowest BCUT2D eigenvalue weighted by Crippen LogP contribution is -2.11. The predicted octanol–water partition coefficient (Wildman–Crippen LogP) is 3.41. The second-order valence-electron chi connectivity index (χ2n) is 5.20. The molecule has 0 fully saturated rings. The first-order valence-electron chi connectivity index (χ1n) is 6.87. The van der Waals surface area contributed by atoms with Crippen molar-refractivity contribution >= 4 is 38.8 Å². The molecule has 23 heavy (non-hydrogen) atoms. The van der Waals surface area contributed by atoms with Gasteiger partial charge in [-0.2, -0.15) is 5.10 Å². The summed E-state index contributed by atoms with van der Waals surface area (Å²) in [6.07, 6.45) is 0. The van der Waals surface area contributed by atoms with Crippen molar-refractivity contribution in [2.24, 2.45) is 7.05 Å². The highest BCUT2D eigenvalue weighted by Crippen LogP contribution is 2.30. The number of benzene rings is 1. The molecule has 1 N–H and O–H groups in total. The van der Waals surface area contributed by atoms with Crippen LogP contribution in [-0.4, -0.2) is 20.6 Å². The predicted molar refractivity (Wildman–Crippen MR) is 89.1 cm³/mol. The van der Waals surface area contributed by atoms with E-state index < -0.39 is 4.92 Å². The van der Waals surface area contributed by atoms with Gasteiger partial charge < -0.3 is 5.32 Å². The van der Waals surface area contributed by atoms with E-state index in [2.05, 4.69) is 10.4 Å². The molecule has 2 heterocycles. The Labute approximate surface area is 135 Å². The molecule has 8 heteroatoms. The van der Waals surface area contributed by atoms with Crippen LogP contribution in [0.5, 0.6) is 0 Å². The molecule has 0 aliphatic heterocycles. The Balaban J connectivity index is 1.93. The summed E-state index contributed by atoms with van der Waals surface area (Å²) in [5.74, 6) is -0.283. The van der Waals surface area contributed by atoms with Crippen LogP contribution in [0.4, 0.5) is 11.4 Å². The molecule has 7 nitrogen and oxygen atoms in total. The van der Waals surface area contributed by atoms with Crippen LogP contribution in [0.3, 0.4) is 0 Å². The second-order valence-corrected chi connectivity index (χ2v) is 6.23. The van der Waals surface area contributed by atoms with Crippen molar-refractivity contribution in [3.63, 3.8) is 0 Å². The van der Waals surface area contributed by atoms with Gasteiger partial charge in [-0.1, -0.05) is 6.07 Å². The molecule has 0 atom stereocenters. The highest BCUT2D eigenvalue weighted by atomic mass is 32.1. The van der Waals surface area contributed by atoms with Crippen LogP contribution in [0.15, 0.2) is 24.3 Å². The van der Waals surface area contributed by atoms with Crippen molar-refractivity contribution in [2.75, 3.05) is 5.32 Å². The number of fused-ring (bicyclic) bond motifs is 1. The summed E-state index contributed by atoms with van der Waals surface area (Å²) in [7, 11) is 1.83. The minimum Gasteiger partial charge on any atom is -0.321 e. The lowest BCUT2D eigenvalue weighted by molar-refractivity contribution is -0.385. The molecule has 3 aromatic rings. The second kappa shape index (κ2) is 5.47. The number of nitro benzene ring substituents is 1. The van der Waals surface area contributed by atoms with Gasteiger partial charge in [0.2, 0.25) is 0 Å². The first kappa shape index (κ1) is 15.2. The summed E-state index contributed by atoms with van der Waals surface area (Å²) in [5, 5.41) is 19.0. The fourth-order valence-electron chi connectivity index (χ4n) is 2.46. The fraction of sp³-hybridized carbons (Fsp3) is 0.200. The van der Waals surface area contributed by atoms with Gasteiger partial charge in [0.25, 0.3) is 11.6 Å². The van der Waals surface area contributed by atoms with Crippen molar-refractivity contribution in [1.29, 1.82) is 0 Å². The lowest BCUT2D eigenvalue weighted by atomic mass is 10.1. The largest absolute Gasteiger partial charge is 0.321 e. The third kappa shape index (κ3) is 2.57. The topological polar surface area (TPSA) is 90.1 Å². The smallest absolute Gasteiger partial charge is 0.274 e. The quantitative estimate of drug-likeness (QED) is 0.588. The van der Waals surface area contributed by atoms with Gasteiger partial charge in [-0.25, -0.2) is 0 Å². The molecule has 1 aromatic carbocycles. The number of hydrogen-bond donors (Lipinski definition) is 1. The van der Waals surface area contributed by atoms with E-state index in [1.165, 1.54) is 17.4 Å². The maximum atomic E-state index is 12.4. The molecule has 118 valence electrons. The number of anilines is 1. The van der Waals surface area contributed by atoms with Crippen LogP contribution in [0.2, 0.25) is 0 Å². The third-order valence-electron chi connectivity index (χ3n) is 3.67. The zero-order valence-corrected chi connectivity index (χ0v) is 13.6. The number of carbonyl (C=O) groups excluding carboxylic acids is 1. The number of aromatic nitrogens is 2. The summed E-state index contributed by atoms with van der Waals surface area (Å²) in [5.41, 5.74) is 1.73. The highest BCUT2D eigenvalue weighted by Gasteiger charge is 2.18. The number of aryl methyl sites for hydroxylation is 2. The van der Waals surface area contributed by atoms with E-state index in [1.54, 1.807) is 29.8 Å². The summed E-state index contributed by atoms with van der Waals surface area (Å²) >= 11 is 1.34. The molecular weight excluding hydrogens is 316 g/mol. The molecule has 1 amide bonds. The minimum absolute atomic E-state index is 0.0146. The first-order chi connectivity index (χ1) is 10.9. The number of nitrogens with zero attached hydrogens (tertiary/aromatic N) is 3. The average molecular weight is 330 g/mol. The van der Waals surface area contributed by atoms with Crippen LogP contribution in [0, 0.1) is 24.0 Å². The van der Waals surface area contributed by atoms with Crippen LogP contribution >= 0.6 is 11.3 Å². The summed E-state index contributed by atoms with van der Waals surface area (Å²) in [4.78, 5) is 24.4. The van der Waals surface area contributed by atoms with Gasteiger partial charge in [0.05, 0.1) is 26.7 Å². The molecule has 0 radical (unpaired) electrons. The fourth-order valence-corrected chi connectivity index (χ4v) is 3.48. The van der Waals surface area contributed by atoms with Crippen LogP contribution in [0.25, 0.3) is 10.2 Å². The van der Waals surface area contributed by atoms with Crippen LogP contribution in [-0.2, 0) is 7.05 Å². The molecule has 0 bridgehead atoms. The van der Waals surface area contributed by atoms with Gasteiger partial charge in [-0.3, -0.25) is 19.6 Å². The Morgan fingerprint density at radius 2 is 2.13 bits per heavy atom. The van der Waals surface area contributed by atoms with E-state index in [4.69, 9.17) is 0 Å². The summed E-state index contributed by atoms with van der Waals surface area (Å²) < 4.78 is 1.74. The molecule has 0 unspecified atom stereocenters. The number of hydrogen-bond acceptors (Lipinski definition) is 5. The van der Waals surface area contributed by atoms with E-state index in [0.717, 1.165) is 15.9 Å². The van der Waals surface area contributed by atoms with Crippen molar-refractivity contribution < 1.29 is 9.72 Å². The molecule has 0 saturated carbocycles. The number of thiophene rings is 1. The number of rotatable bonds is 3. The Morgan fingerprint density at radius 3 is 2.78 bits per heavy atom. The first-order valence-corrected chi connectivity index (χ1v) is 7.68. The zero-order valence-electron chi connectivity index (χ0n) is 12.8. The van der Waals surface area contributed by atoms with Gasteiger partial charge in [0.1, 0.15) is 4.83 Å². The maximum Gasteiger partial charge on any atom is 0.274 e. The monoisotopic (exact) mass is 330 g/mol. The summed E-state index contributed by atoms with van der Waals surface area (Å²) in [6.45, 7) is 3.51. The number of nitrogens with one attached hydrogen (secondary N) is 1. The normalized spacial score (nSPS) is 10.9. The van der Waals surface area contributed by atoms with Crippen LogP contribution in [0.1, 0.15) is 20.9 Å². The number of carbonyl (C=O) groups is 1. The van der Waals surface area contributed by atoms with Crippen LogP contribution < -0.4 is 5.32 Å². The van der Waals surface area contributed by atoms with Crippen molar-refractivity contribution in [1.82, 2.24) is 9.78 Å². The Kier molecular flexibility index (Phi) is 3.61.